The van der Waals surface area contributed by atoms with Crippen LogP contribution in [-0.2, 0) is 9.84 Å². The van der Waals surface area contributed by atoms with Crippen LogP contribution in [0.4, 0.5) is 13.2 Å². The van der Waals surface area contributed by atoms with Crippen LogP contribution in [0.5, 0.6) is 0 Å². The molecule has 9 heavy (non-hydrogen) atoms. The minimum Gasteiger partial charge on any atom is -0.297 e. The Morgan fingerprint density at radius 3 is 1.67 bits per heavy atom. The van der Waals surface area contributed by atoms with E-state index in [4.69, 9.17) is 5.41 Å². The number of sulfone groups is 1. The van der Waals surface area contributed by atoms with Gasteiger partial charge in [0.25, 0.3) is 9.84 Å². The van der Waals surface area contributed by atoms with Crippen LogP contribution in [0.2, 0.25) is 0 Å². The second kappa shape index (κ2) is 1.98. The first kappa shape index (κ1) is 8.41. The highest BCUT2D eigenvalue weighted by molar-refractivity contribution is 8.05. The molecule has 0 radical (unpaired) electrons. The van der Waals surface area contributed by atoms with Crippen LogP contribution >= 0.6 is 0 Å². The second-order valence-corrected chi connectivity index (χ2v) is 2.90. The van der Waals surface area contributed by atoms with E-state index in [-0.39, 0.29) is 0 Å². The Morgan fingerprint density at radius 1 is 1.33 bits per heavy atom. The molecule has 0 spiro atoms. The van der Waals surface area contributed by atoms with Gasteiger partial charge >= 0.3 is 5.51 Å². The minimum atomic E-state index is -5.32. The summed E-state index contributed by atoms with van der Waals surface area (Å²) in [7, 11) is -5.29. The SMILES string of the molecule is N=CS(=O)(=O)C(F)(F)F. The van der Waals surface area contributed by atoms with Crippen LogP contribution in [0, 0.1) is 5.41 Å². The van der Waals surface area contributed by atoms with Gasteiger partial charge in [0.05, 0.1) is 0 Å². The predicted molar refractivity (Wildman–Crippen MR) is 23.8 cm³/mol. The van der Waals surface area contributed by atoms with Crippen molar-refractivity contribution >= 4 is 15.4 Å². The van der Waals surface area contributed by atoms with Gasteiger partial charge in [-0.2, -0.15) is 13.2 Å². The minimum absolute atomic E-state index is 0.632. The fourth-order valence-electron chi connectivity index (χ4n) is 0.0668. The van der Waals surface area contributed by atoms with Gasteiger partial charge in [-0.3, -0.25) is 5.41 Å². The van der Waals surface area contributed by atoms with Crippen LogP contribution in [0.25, 0.3) is 0 Å². The summed E-state index contributed by atoms with van der Waals surface area (Å²) in [6.07, 6.45) is 0. The molecular formula is C2H2F3NO2S. The maximum Gasteiger partial charge on any atom is 0.502 e. The lowest BCUT2D eigenvalue weighted by Gasteiger charge is -1.99. The lowest BCUT2D eigenvalue weighted by molar-refractivity contribution is -0.0416. The Bertz CT molecular complexity index is 202. The van der Waals surface area contributed by atoms with Gasteiger partial charge in [-0.25, -0.2) is 8.42 Å². The Morgan fingerprint density at radius 2 is 1.67 bits per heavy atom. The zero-order valence-corrected chi connectivity index (χ0v) is 4.75. The lowest BCUT2D eigenvalue weighted by Crippen LogP contribution is -2.23. The molecule has 0 aliphatic heterocycles. The van der Waals surface area contributed by atoms with Gasteiger partial charge in [-0.15, -0.1) is 0 Å². The van der Waals surface area contributed by atoms with Crippen molar-refractivity contribution in [1.29, 1.82) is 5.41 Å². The van der Waals surface area contributed by atoms with E-state index in [1.54, 1.807) is 0 Å². The summed E-state index contributed by atoms with van der Waals surface area (Å²) in [6, 6.07) is 0. The molecule has 0 heterocycles. The first-order chi connectivity index (χ1) is 3.81. The van der Waals surface area contributed by atoms with Crippen LogP contribution in [0.3, 0.4) is 0 Å². The molecule has 54 valence electrons. The molecule has 1 N–H and O–H groups in total. The molecule has 0 bridgehead atoms. The van der Waals surface area contributed by atoms with E-state index in [2.05, 4.69) is 0 Å². The molecular weight excluding hydrogens is 159 g/mol. The van der Waals surface area contributed by atoms with Crippen molar-refractivity contribution in [2.24, 2.45) is 0 Å². The fourth-order valence-corrected chi connectivity index (χ4v) is 0.200. The highest BCUT2D eigenvalue weighted by Gasteiger charge is 2.43. The van der Waals surface area contributed by atoms with Crippen molar-refractivity contribution < 1.29 is 21.6 Å². The molecule has 0 aromatic carbocycles. The lowest BCUT2D eigenvalue weighted by atomic mass is 11.5. The van der Waals surface area contributed by atoms with Crippen molar-refractivity contribution in [2.75, 3.05) is 0 Å². The average Bonchev–Trinajstić information content (AvgIpc) is 1.64. The quantitative estimate of drug-likeness (QED) is 0.450. The van der Waals surface area contributed by atoms with E-state index in [0.717, 1.165) is 0 Å². The maximum atomic E-state index is 11.1. The molecule has 0 aromatic heterocycles. The molecule has 0 unspecified atom stereocenters. The fraction of sp³-hybridized carbons (Fsp3) is 0.500. The second-order valence-electron chi connectivity index (χ2n) is 1.11. The first-order valence-electron chi connectivity index (χ1n) is 1.63. The number of halogens is 3. The normalized spacial score (nSPS) is 13.2. The highest BCUT2D eigenvalue weighted by Crippen LogP contribution is 2.21. The molecule has 0 atom stereocenters. The molecule has 0 aliphatic rings. The Hall–Kier alpha value is -0.590. The number of nitrogens with one attached hydrogen (secondary N) is 1. The summed E-state index contributed by atoms with van der Waals surface area (Å²) in [5, 5.41) is 5.83. The number of rotatable bonds is 1. The van der Waals surface area contributed by atoms with Crippen LogP contribution in [0.15, 0.2) is 0 Å². The van der Waals surface area contributed by atoms with E-state index < -0.39 is 20.9 Å². The Labute approximate surface area is 48.9 Å². The van der Waals surface area contributed by atoms with Crippen LogP contribution in [-0.4, -0.2) is 19.5 Å². The van der Waals surface area contributed by atoms with E-state index >= 15 is 0 Å². The van der Waals surface area contributed by atoms with Gasteiger partial charge < -0.3 is 0 Å². The molecule has 3 nitrogen and oxygen atoms in total. The summed E-state index contributed by atoms with van der Waals surface area (Å²) < 4.78 is 52.6. The van der Waals surface area contributed by atoms with Crippen LogP contribution < -0.4 is 0 Å². The zero-order valence-electron chi connectivity index (χ0n) is 3.94. The number of hydrogen-bond acceptors (Lipinski definition) is 3. The third kappa shape index (κ3) is 1.67. The highest BCUT2D eigenvalue weighted by atomic mass is 32.2. The van der Waals surface area contributed by atoms with Crippen LogP contribution in [0.1, 0.15) is 0 Å². The molecule has 0 saturated carbocycles. The smallest absolute Gasteiger partial charge is 0.297 e. The summed E-state index contributed by atoms with van der Waals surface area (Å²) in [5.74, 6) is 0. The molecule has 0 saturated heterocycles. The Balaban J connectivity index is 4.79. The first-order valence-corrected chi connectivity index (χ1v) is 3.18. The maximum absolute atomic E-state index is 11.1. The van der Waals surface area contributed by atoms with Gasteiger partial charge in [0.15, 0.2) is 0 Å². The van der Waals surface area contributed by atoms with Gasteiger partial charge in [-0.1, -0.05) is 0 Å². The number of alkyl halides is 3. The largest absolute Gasteiger partial charge is 0.502 e. The van der Waals surface area contributed by atoms with Crippen molar-refractivity contribution in [3.05, 3.63) is 0 Å². The molecule has 0 fully saturated rings. The van der Waals surface area contributed by atoms with Crippen molar-refractivity contribution in [3.8, 4) is 0 Å². The third-order valence-corrected chi connectivity index (χ3v) is 1.43. The molecule has 0 aliphatic carbocycles. The van der Waals surface area contributed by atoms with Crippen molar-refractivity contribution in [2.45, 2.75) is 5.51 Å². The predicted octanol–water partition coefficient (Wildman–Crippen LogP) is 0.528. The number of hydrogen-bond donors (Lipinski definition) is 1. The average molecular weight is 161 g/mol. The van der Waals surface area contributed by atoms with E-state index in [9.17, 15) is 21.6 Å². The summed E-state index contributed by atoms with van der Waals surface area (Å²) >= 11 is 0. The van der Waals surface area contributed by atoms with Crippen molar-refractivity contribution in [3.63, 3.8) is 0 Å². The van der Waals surface area contributed by atoms with Gasteiger partial charge in [0.1, 0.15) is 5.55 Å². The van der Waals surface area contributed by atoms with Crippen molar-refractivity contribution in [1.82, 2.24) is 0 Å². The zero-order chi connectivity index (χ0) is 7.71. The molecule has 7 heteroatoms. The Kier molecular flexibility index (Phi) is 1.85. The molecule has 0 amide bonds. The topological polar surface area (TPSA) is 58.0 Å². The van der Waals surface area contributed by atoms with E-state index in [1.165, 1.54) is 0 Å². The molecule has 0 aromatic rings. The molecule has 0 rings (SSSR count). The van der Waals surface area contributed by atoms with Gasteiger partial charge in [0, 0.05) is 0 Å². The summed E-state index contributed by atoms with van der Waals surface area (Å²) in [6.45, 7) is 0. The summed E-state index contributed by atoms with van der Waals surface area (Å²) in [5.41, 5.74) is -5.96. The van der Waals surface area contributed by atoms with Gasteiger partial charge in [0.2, 0.25) is 0 Å². The third-order valence-electron chi connectivity index (χ3n) is 0.478. The monoisotopic (exact) mass is 161 g/mol. The van der Waals surface area contributed by atoms with E-state index in [1.807, 2.05) is 0 Å². The standard InChI is InChI=1S/C2H2F3NO2S/c3-2(4,5)9(7,8)1-6/h1,6H. The van der Waals surface area contributed by atoms with Gasteiger partial charge in [-0.05, 0) is 0 Å². The summed E-state index contributed by atoms with van der Waals surface area (Å²) in [4.78, 5) is 0. The van der Waals surface area contributed by atoms with E-state index in [0.29, 0.717) is 0 Å².